The average molecular weight is 271 g/mol. The number of amides is 1. The highest BCUT2D eigenvalue weighted by Crippen LogP contribution is 2.27. The number of carbonyl (C=O) groups is 1. The second kappa shape index (κ2) is 6.07. The van der Waals surface area contributed by atoms with Crippen molar-refractivity contribution >= 4 is 22.5 Å². The summed E-state index contributed by atoms with van der Waals surface area (Å²) < 4.78 is 0. The Morgan fingerprint density at radius 3 is 3.00 bits per heavy atom. The summed E-state index contributed by atoms with van der Waals surface area (Å²) in [4.78, 5) is 12.0. The molecule has 1 aromatic carbocycles. The molecule has 0 radical (unpaired) electrons. The van der Waals surface area contributed by atoms with E-state index in [1.54, 1.807) is 6.20 Å². The first-order chi connectivity index (χ1) is 9.81. The Morgan fingerprint density at radius 2 is 2.15 bits per heavy atom. The van der Waals surface area contributed by atoms with Gasteiger partial charge in [-0.05, 0) is 30.5 Å². The van der Waals surface area contributed by atoms with E-state index in [1.807, 2.05) is 18.2 Å². The minimum atomic E-state index is 0.124. The van der Waals surface area contributed by atoms with Crippen LogP contribution in [0.1, 0.15) is 44.9 Å². The van der Waals surface area contributed by atoms with Crippen molar-refractivity contribution in [2.75, 3.05) is 5.32 Å². The summed E-state index contributed by atoms with van der Waals surface area (Å²) in [6.07, 6.45) is 10.1. The van der Waals surface area contributed by atoms with E-state index in [2.05, 4.69) is 15.5 Å². The van der Waals surface area contributed by atoms with Gasteiger partial charge in [0.25, 0.3) is 0 Å². The van der Waals surface area contributed by atoms with Gasteiger partial charge in [-0.1, -0.05) is 32.1 Å². The van der Waals surface area contributed by atoms with Gasteiger partial charge in [-0.15, -0.1) is 0 Å². The molecule has 106 valence electrons. The lowest BCUT2D eigenvalue weighted by molar-refractivity contribution is -0.116. The molecule has 4 heteroatoms. The number of aromatic nitrogens is 2. The molecule has 1 aliphatic carbocycles. The lowest BCUT2D eigenvalue weighted by Gasteiger charge is -2.20. The Morgan fingerprint density at radius 1 is 1.30 bits per heavy atom. The van der Waals surface area contributed by atoms with Crippen LogP contribution in [0.5, 0.6) is 0 Å². The molecular weight excluding hydrogens is 250 g/mol. The van der Waals surface area contributed by atoms with E-state index in [0.717, 1.165) is 28.9 Å². The number of aromatic amines is 1. The lowest BCUT2D eigenvalue weighted by Crippen LogP contribution is -2.14. The summed E-state index contributed by atoms with van der Waals surface area (Å²) in [6, 6.07) is 5.81. The van der Waals surface area contributed by atoms with E-state index in [9.17, 15) is 4.79 Å². The molecule has 2 N–H and O–H groups in total. The third kappa shape index (κ3) is 3.18. The molecule has 0 atom stereocenters. The number of fused-ring (bicyclic) bond motifs is 1. The lowest BCUT2D eigenvalue weighted by atomic mass is 9.86. The van der Waals surface area contributed by atoms with Crippen molar-refractivity contribution in [2.45, 2.75) is 44.9 Å². The Balaban J connectivity index is 1.52. The van der Waals surface area contributed by atoms with Gasteiger partial charge in [-0.25, -0.2) is 0 Å². The van der Waals surface area contributed by atoms with Crippen LogP contribution < -0.4 is 5.32 Å². The molecule has 0 saturated heterocycles. The van der Waals surface area contributed by atoms with Gasteiger partial charge in [0.1, 0.15) is 0 Å². The van der Waals surface area contributed by atoms with Gasteiger partial charge in [0.15, 0.2) is 0 Å². The molecule has 1 aromatic heterocycles. The summed E-state index contributed by atoms with van der Waals surface area (Å²) in [6.45, 7) is 0. The van der Waals surface area contributed by atoms with Gasteiger partial charge in [0.05, 0.1) is 11.7 Å². The van der Waals surface area contributed by atoms with E-state index in [0.29, 0.717) is 6.42 Å². The molecular formula is C16H21N3O. The van der Waals surface area contributed by atoms with Crippen molar-refractivity contribution in [3.8, 4) is 0 Å². The topological polar surface area (TPSA) is 57.8 Å². The van der Waals surface area contributed by atoms with Gasteiger partial charge >= 0.3 is 0 Å². The molecule has 1 heterocycles. The summed E-state index contributed by atoms with van der Waals surface area (Å²) in [7, 11) is 0. The number of nitrogens with one attached hydrogen (secondary N) is 2. The third-order valence-corrected chi connectivity index (χ3v) is 4.23. The fourth-order valence-electron chi connectivity index (χ4n) is 3.05. The van der Waals surface area contributed by atoms with Crippen molar-refractivity contribution in [1.82, 2.24) is 10.2 Å². The molecule has 1 aliphatic rings. The van der Waals surface area contributed by atoms with Gasteiger partial charge < -0.3 is 5.32 Å². The first kappa shape index (κ1) is 13.2. The predicted octanol–water partition coefficient (Wildman–Crippen LogP) is 3.86. The Bertz CT molecular complexity index is 584. The van der Waals surface area contributed by atoms with Crippen molar-refractivity contribution in [3.63, 3.8) is 0 Å². The van der Waals surface area contributed by atoms with Crippen LogP contribution in [-0.2, 0) is 4.79 Å². The number of nitrogens with zero attached hydrogens (tertiary/aromatic N) is 1. The van der Waals surface area contributed by atoms with Gasteiger partial charge in [0, 0.05) is 17.5 Å². The highest BCUT2D eigenvalue weighted by molar-refractivity contribution is 5.93. The quantitative estimate of drug-likeness (QED) is 0.887. The number of carbonyl (C=O) groups excluding carboxylic acids is 1. The molecule has 4 nitrogen and oxygen atoms in total. The van der Waals surface area contributed by atoms with Crippen LogP contribution in [0, 0.1) is 5.92 Å². The van der Waals surface area contributed by atoms with Crippen molar-refractivity contribution < 1.29 is 4.79 Å². The molecule has 0 aliphatic heterocycles. The zero-order valence-electron chi connectivity index (χ0n) is 11.7. The minimum Gasteiger partial charge on any atom is -0.326 e. The van der Waals surface area contributed by atoms with Gasteiger partial charge in [-0.3, -0.25) is 9.89 Å². The molecule has 0 spiro atoms. The van der Waals surface area contributed by atoms with Gasteiger partial charge in [0.2, 0.25) is 5.91 Å². The number of hydrogen-bond donors (Lipinski definition) is 2. The maximum Gasteiger partial charge on any atom is 0.224 e. The van der Waals surface area contributed by atoms with Crippen molar-refractivity contribution in [1.29, 1.82) is 0 Å². The number of anilines is 1. The van der Waals surface area contributed by atoms with Crippen LogP contribution in [0.15, 0.2) is 24.4 Å². The average Bonchev–Trinajstić information content (AvgIpc) is 2.94. The number of benzene rings is 1. The van der Waals surface area contributed by atoms with Crippen LogP contribution >= 0.6 is 0 Å². The normalized spacial score (nSPS) is 16.4. The Kier molecular flexibility index (Phi) is 4.00. The highest BCUT2D eigenvalue weighted by atomic mass is 16.1. The van der Waals surface area contributed by atoms with E-state index in [4.69, 9.17) is 0 Å². The van der Waals surface area contributed by atoms with Crippen LogP contribution in [0.25, 0.3) is 10.9 Å². The molecule has 1 amide bonds. The zero-order chi connectivity index (χ0) is 13.8. The smallest absolute Gasteiger partial charge is 0.224 e. The number of H-pyrrole nitrogens is 1. The molecule has 3 rings (SSSR count). The monoisotopic (exact) mass is 271 g/mol. The van der Waals surface area contributed by atoms with Crippen molar-refractivity contribution in [2.24, 2.45) is 5.92 Å². The highest BCUT2D eigenvalue weighted by Gasteiger charge is 2.14. The fourth-order valence-corrected chi connectivity index (χ4v) is 3.05. The van der Waals surface area contributed by atoms with E-state index < -0.39 is 0 Å². The fraction of sp³-hybridized carbons (Fsp3) is 0.500. The number of hydrogen-bond acceptors (Lipinski definition) is 2. The molecule has 1 saturated carbocycles. The zero-order valence-corrected chi connectivity index (χ0v) is 11.7. The summed E-state index contributed by atoms with van der Waals surface area (Å²) in [5, 5.41) is 10.9. The maximum absolute atomic E-state index is 12.0. The van der Waals surface area contributed by atoms with Gasteiger partial charge in [-0.2, -0.15) is 5.10 Å². The van der Waals surface area contributed by atoms with Crippen LogP contribution in [0.2, 0.25) is 0 Å². The first-order valence-corrected chi connectivity index (χ1v) is 7.54. The molecule has 0 unspecified atom stereocenters. The van der Waals surface area contributed by atoms with Crippen LogP contribution in [0.3, 0.4) is 0 Å². The standard InChI is InChI=1S/C16H21N3O/c20-16(9-6-12-4-2-1-3-5-12)18-14-7-8-15-13(10-14)11-17-19-15/h7-8,10-12H,1-6,9H2,(H,17,19)(H,18,20). The predicted molar refractivity (Wildman–Crippen MR) is 80.5 cm³/mol. The van der Waals surface area contributed by atoms with E-state index in [-0.39, 0.29) is 5.91 Å². The van der Waals surface area contributed by atoms with Crippen LogP contribution in [0.4, 0.5) is 5.69 Å². The van der Waals surface area contributed by atoms with Crippen LogP contribution in [-0.4, -0.2) is 16.1 Å². The Labute approximate surface area is 119 Å². The summed E-state index contributed by atoms with van der Waals surface area (Å²) in [5.41, 5.74) is 1.85. The summed E-state index contributed by atoms with van der Waals surface area (Å²) in [5.74, 6) is 0.879. The van der Waals surface area contributed by atoms with E-state index in [1.165, 1.54) is 32.1 Å². The molecule has 2 aromatic rings. The largest absolute Gasteiger partial charge is 0.326 e. The SMILES string of the molecule is O=C(CCC1CCCCC1)Nc1ccc2[nH]ncc2c1. The van der Waals surface area contributed by atoms with E-state index >= 15 is 0 Å². The Hall–Kier alpha value is -1.84. The molecule has 20 heavy (non-hydrogen) atoms. The number of rotatable bonds is 4. The van der Waals surface area contributed by atoms with Crippen molar-refractivity contribution in [3.05, 3.63) is 24.4 Å². The minimum absolute atomic E-state index is 0.124. The summed E-state index contributed by atoms with van der Waals surface area (Å²) >= 11 is 0. The molecule has 1 fully saturated rings. The maximum atomic E-state index is 12.0. The third-order valence-electron chi connectivity index (χ3n) is 4.23. The second-order valence-corrected chi connectivity index (χ2v) is 5.76. The first-order valence-electron chi connectivity index (χ1n) is 7.54. The molecule has 0 bridgehead atoms. The second-order valence-electron chi connectivity index (χ2n) is 5.76.